The molecule has 15 heteroatoms. The average Bonchev–Trinajstić information content (AvgIpc) is 2.65. The van der Waals surface area contributed by atoms with E-state index in [1.165, 1.54) is 4.90 Å². The van der Waals surface area contributed by atoms with E-state index < -0.39 is 42.8 Å². The van der Waals surface area contributed by atoms with E-state index in [2.05, 4.69) is 9.50 Å². The number of benzene rings is 1. The van der Waals surface area contributed by atoms with Crippen molar-refractivity contribution in [3.05, 3.63) is 37.9 Å². The lowest BCUT2D eigenvalue weighted by molar-refractivity contribution is -0.394. The largest absolute Gasteiger partial charge is 0.396 e. The van der Waals surface area contributed by atoms with Crippen molar-refractivity contribution in [3.63, 3.8) is 0 Å². The number of nitro groups is 2. The Morgan fingerprint density at radius 1 is 1.27 bits per heavy atom. The smallest absolute Gasteiger partial charge is 0.312 e. The number of halogens is 1. The molecule has 0 fully saturated rings. The van der Waals surface area contributed by atoms with Gasteiger partial charge in [-0.05, 0) is 12.5 Å². The van der Waals surface area contributed by atoms with Gasteiger partial charge in [0.05, 0.1) is 22.7 Å². The van der Waals surface area contributed by atoms with Crippen LogP contribution < -0.4 is 10.2 Å². The van der Waals surface area contributed by atoms with Gasteiger partial charge in [-0.3, -0.25) is 29.2 Å². The van der Waals surface area contributed by atoms with Crippen LogP contribution in [0.2, 0.25) is 0 Å². The molecule has 0 radical (unpaired) electrons. The van der Waals surface area contributed by atoms with Gasteiger partial charge in [0.25, 0.3) is 21.7 Å². The Hall–Kier alpha value is -2.55. The van der Waals surface area contributed by atoms with Crippen molar-refractivity contribution in [3.8, 4) is 0 Å². The van der Waals surface area contributed by atoms with E-state index in [1.807, 2.05) is 0 Å². The number of nitrogens with one attached hydrogen (secondary N) is 1. The molecular formula is C15H21ClN4O9S. The van der Waals surface area contributed by atoms with E-state index in [4.69, 9.17) is 16.7 Å². The third kappa shape index (κ3) is 7.37. The first-order valence-corrected chi connectivity index (χ1v) is 10.9. The van der Waals surface area contributed by atoms with Crippen LogP contribution in [0.5, 0.6) is 0 Å². The fourth-order valence-corrected chi connectivity index (χ4v) is 3.09. The van der Waals surface area contributed by atoms with Gasteiger partial charge in [0.1, 0.15) is 5.69 Å². The summed E-state index contributed by atoms with van der Waals surface area (Å²) >= 11 is 5.73. The maximum atomic E-state index is 12.5. The second kappa shape index (κ2) is 11.6. The molecule has 1 aromatic carbocycles. The van der Waals surface area contributed by atoms with Crippen LogP contribution in [0.15, 0.2) is 12.1 Å². The van der Waals surface area contributed by atoms with Crippen molar-refractivity contribution in [1.29, 1.82) is 0 Å². The number of aliphatic hydroxyl groups is 1. The first-order chi connectivity index (χ1) is 14.0. The summed E-state index contributed by atoms with van der Waals surface area (Å²) in [5.74, 6) is -1.06. The number of amides is 1. The zero-order chi connectivity index (χ0) is 22.9. The SMILES string of the molecule is CS(=O)(=O)OCCN(CCCl)c1ccc([N+](=O)[O-])c(C(=O)NCCCO)c1[N+](=O)[O-]. The molecule has 0 aromatic heterocycles. The molecule has 0 saturated heterocycles. The molecule has 0 atom stereocenters. The predicted molar refractivity (Wildman–Crippen MR) is 108 cm³/mol. The molecule has 2 N–H and O–H groups in total. The number of aliphatic hydroxyl groups excluding tert-OH is 1. The van der Waals surface area contributed by atoms with Gasteiger partial charge >= 0.3 is 5.69 Å². The van der Waals surface area contributed by atoms with Crippen molar-refractivity contribution in [2.75, 3.05) is 49.9 Å². The molecule has 0 heterocycles. The summed E-state index contributed by atoms with van der Waals surface area (Å²) in [4.78, 5) is 35.1. The van der Waals surface area contributed by atoms with Crippen LogP contribution in [0.1, 0.15) is 16.8 Å². The molecule has 0 bridgehead atoms. The number of nitrogens with zero attached hydrogens (tertiary/aromatic N) is 3. The highest BCUT2D eigenvalue weighted by Gasteiger charge is 2.35. The summed E-state index contributed by atoms with van der Waals surface area (Å²) in [6.07, 6.45) is 0.982. The first kappa shape index (κ1) is 25.5. The summed E-state index contributed by atoms with van der Waals surface area (Å²) in [6, 6.07) is 2.04. The van der Waals surface area contributed by atoms with Crippen LogP contribution in [-0.2, 0) is 14.3 Å². The van der Waals surface area contributed by atoms with Crippen LogP contribution in [0.25, 0.3) is 0 Å². The van der Waals surface area contributed by atoms with Crippen molar-refractivity contribution >= 4 is 44.7 Å². The number of nitro benzene ring substituents is 2. The predicted octanol–water partition coefficient (Wildman–Crippen LogP) is 0.637. The van der Waals surface area contributed by atoms with Crippen molar-refractivity contribution in [2.24, 2.45) is 0 Å². The first-order valence-electron chi connectivity index (χ1n) is 8.53. The third-order valence-electron chi connectivity index (χ3n) is 3.72. The summed E-state index contributed by atoms with van der Waals surface area (Å²) < 4.78 is 26.9. The van der Waals surface area contributed by atoms with Gasteiger partial charge in [0.2, 0.25) is 0 Å². The molecule has 0 aliphatic heterocycles. The van der Waals surface area contributed by atoms with E-state index in [-0.39, 0.29) is 50.8 Å². The van der Waals surface area contributed by atoms with Gasteiger partial charge in [-0.15, -0.1) is 11.6 Å². The number of rotatable bonds is 13. The summed E-state index contributed by atoms with van der Waals surface area (Å²) in [7, 11) is -3.76. The van der Waals surface area contributed by atoms with Crippen molar-refractivity contribution in [2.45, 2.75) is 6.42 Å². The highest BCUT2D eigenvalue weighted by atomic mass is 35.5. The average molecular weight is 469 g/mol. The van der Waals surface area contributed by atoms with Crippen LogP contribution in [0, 0.1) is 20.2 Å². The normalized spacial score (nSPS) is 11.2. The molecule has 1 rings (SSSR count). The van der Waals surface area contributed by atoms with Gasteiger partial charge in [-0.1, -0.05) is 0 Å². The molecule has 30 heavy (non-hydrogen) atoms. The molecule has 0 aliphatic rings. The molecule has 168 valence electrons. The molecule has 0 saturated carbocycles. The molecule has 1 aromatic rings. The second-order valence-electron chi connectivity index (χ2n) is 5.88. The minimum Gasteiger partial charge on any atom is -0.396 e. The summed E-state index contributed by atoms with van der Waals surface area (Å²) in [5.41, 5.74) is -2.51. The van der Waals surface area contributed by atoms with E-state index in [1.54, 1.807) is 0 Å². The number of hydrogen-bond acceptors (Lipinski definition) is 10. The fourth-order valence-electron chi connectivity index (χ4n) is 2.51. The highest BCUT2D eigenvalue weighted by molar-refractivity contribution is 7.85. The topological polar surface area (TPSA) is 182 Å². The molecule has 0 aliphatic carbocycles. The zero-order valence-electron chi connectivity index (χ0n) is 15.9. The second-order valence-corrected chi connectivity index (χ2v) is 7.90. The number of alkyl halides is 1. The minimum atomic E-state index is -3.76. The Balaban J connectivity index is 3.48. The number of anilines is 1. The molecule has 1 amide bonds. The van der Waals surface area contributed by atoms with Gasteiger partial charge in [-0.25, -0.2) is 0 Å². The Morgan fingerprint density at radius 2 is 1.93 bits per heavy atom. The highest BCUT2D eigenvalue weighted by Crippen LogP contribution is 2.37. The zero-order valence-corrected chi connectivity index (χ0v) is 17.5. The van der Waals surface area contributed by atoms with Gasteiger partial charge in [-0.2, -0.15) is 8.42 Å². The summed E-state index contributed by atoms with van der Waals surface area (Å²) in [6.45, 7) is -0.805. The van der Waals surface area contributed by atoms with Crippen molar-refractivity contribution < 1.29 is 32.3 Å². The van der Waals surface area contributed by atoms with Crippen LogP contribution >= 0.6 is 11.6 Å². The maximum absolute atomic E-state index is 12.5. The number of hydrogen-bond donors (Lipinski definition) is 2. The lowest BCUT2D eigenvalue weighted by Crippen LogP contribution is -2.32. The Bertz CT molecular complexity index is 894. The van der Waals surface area contributed by atoms with Crippen LogP contribution in [0.3, 0.4) is 0 Å². The van der Waals surface area contributed by atoms with Gasteiger partial charge in [0, 0.05) is 38.2 Å². The Kier molecular flexibility index (Phi) is 9.84. The quantitative estimate of drug-likeness (QED) is 0.137. The molecule has 0 unspecified atom stereocenters. The lowest BCUT2D eigenvalue weighted by Gasteiger charge is -2.24. The number of carbonyl (C=O) groups excluding carboxylic acids is 1. The van der Waals surface area contributed by atoms with Gasteiger partial charge in [0.15, 0.2) is 5.56 Å². The Labute approximate surface area is 177 Å². The number of carbonyl (C=O) groups is 1. The van der Waals surface area contributed by atoms with Crippen LogP contribution in [-0.4, -0.2) is 74.3 Å². The standard InChI is InChI=1S/C15H21ClN4O9S/c1-30(27,28)29-10-8-18(7-5-16)12-4-3-11(19(23)24)13(14(12)20(25)26)15(22)17-6-2-9-21/h3-4,21H,2,5-10H2,1H3,(H,17,22). The third-order valence-corrected chi connectivity index (χ3v) is 4.48. The van der Waals surface area contributed by atoms with Gasteiger partial charge < -0.3 is 15.3 Å². The lowest BCUT2D eigenvalue weighted by atomic mass is 10.1. The Morgan fingerprint density at radius 3 is 2.43 bits per heavy atom. The van der Waals surface area contributed by atoms with Crippen LogP contribution in [0.4, 0.5) is 17.1 Å². The molecule has 0 spiro atoms. The van der Waals surface area contributed by atoms with E-state index >= 15 is 0 Å². The molecular weight excluding hydrogens is 448 g/mol. The summed E-state index contributed by atoms with van der Waals surface area (Å²) in [5, 5.41) is 34.2. The monoisotopic (exact) mass is 468 g/mol. The van der Waals surface area contributed by atoms with E-state index in [0.29, 0.717) is 0 Å². The van der Waals surface area contributed by atoms with E-state index in [0.717, 1.165) is 18.4 Å². The fraction of sp³-hybridized carbons (Fsp3) is 0.533. The molecule has 13 nitrogen and oxygen atoms in total. The minimum absolute atomic E-state index is 0.00888. The van der Waals surface area contributed by atoms with E-state index in [9.17, 15) is 33.4 Å². The maximum Gasteiger partial charge on any atom is 0.312 e. The van der Waals surface area contributed by atoms with Crippen molar-refractivity contribution in [1.82, 2.24) is 5.32 Å².